The number of nitrogens with one attached hydrogen (secondary N) is 1. The van der Waals surface area contributed by atoms with Crippen LogP contribution < -0.4 is 11.1 Å². The molecule has 0 heterocycles. The zero-order valence-electron chi connectivity index (χ0n) is 19.8. The molecule has 0 saturated carbocycles. The normalized spacial score (nSPS) is 9.91. The summed E-state index contributed by atoms with van der Waals surface area (Å²) in [6.07, 6.45) is 0. The minimum atomic E-state index is -1.40. The number of carboxylic acids is 1. The molecule has 0 fully saturated rings. The van der Waals surface area contributed by atoms with Crippen molar-refractivity contribution in [2.75, 3.05) is 13.1 Å². The average Bonchev–Trinajstić information content (AvgIpc) is 2.77. The van der Waals surface area contributed by atoms with E-state index in [-0.39, 0.29) is 11.5 Å². The Labute approximate surface area is 201 Å². The van der Waals surface area contributed by atoms with Gasteiger partial charge in [-0.2, -0.15) is 0 Å². The smallest absolute Gasteiger partial charge is 0.339 e. The third-order valence-corrected chi connectivity index (χ3v) is 4.04. The zero-order valence-corrected chi connectivity index (χ0v) is 19.8. The van der Waals surface area contributed by atoms with Crippen molar-refractivity contribution in [1.29, 1.82) is 0 Å². The van der Waals surface area contributed by atoms with Crippen LogP contribution in [0.4, 0.5) is 11.4 Å². The molecule has 0 spiro atoms. The molecule has 6 N–H and O–H groups in total. The number of carboxylic acid groups (broad SMARTS) is 1. The Hall–Kier alpha value is -4.26. The van der Waals surface area contributed by atoms with Gasteiger partial charge in [0.05, 0.1) is 15.4 Å². The second-order valence-electron chi connectivity index (χ2n) is 7.90. The van der Waals surface area contributed by atoms with E-state index < -0.39 is 50.2 Å². The van der Waals surface area contributed by atoms with E-state index in [1.165, 1.54) is 18.2 Å². The van der Waals surface area contributed by atoms with Gasteiger partial charge in [-0.3, -0.25) is 25.0 Å². The molecule has 0 radical (unpaired) electrons. The third-order valence-electron chi connectivity index (χ3n) is 4.04. The Kier molecular flexibility index (Phi) is 13.0. The maximum absolute atomic E-state index is 11.7. The van der Waals surface area contributed by atoms with E-state index in [0.29, 0.717) is 12.5 Å². The number of carbonyl (C=O) groups is 2. The Morgan fingerprint density at radius 2 is 1.29 bits per heavy atom. The van der Waals surface area contributed by atoms with Gasteiger partial charge in [-0.1, -0.05) is 39.8 Å². The number of phenolic OH excluding ortho intramolecular Hbond substituents is 1. The number of nitro groups is 2. The van der Waals surface area contributed by atoms with Gasteiger partial charge in [0.1, 0.15) is 5.56 Å². The van der Waals surface area contributed by atoms with Crippen LogP contribution in [0.2, 0.25) is 0 Å². The molecule has 0 unspecified atom stereocenters. The summed E-state index contributed by atoms with van der Waals surface area (Å²) in [7, 11) is 0. The second-order valence-corrected chi connectivity index (χ2v) is 7.90. The van der Waals surface area contributed by atoms with Crippen molar-refractivity contribution >= 4 is 23.3 Å². The van der Waals surface area contributed by atoms with Crippen molar-refractivity contribution in [3.8, 4) is 11.5 Å². The summed E-state index contributed by atoms with van der Waals surface area (Å²) in [6.45, 7) is 9.29. The molecule has 13 nitrogen and oxygen atoms in total. The molecule has 2 rings (SSSR count). The SMILES string of the molecule is CC(C)CN.CC(C)CNC(=O)c1cccc([N+](=O)[O-])c1O.O=C(O)c1cccc([N+](=O)[O-])c1O. The molecular weight excluding hydrogens is 464 g/mol. The van der Waals surface area contributed by atoms with Crippen LogP contribution in [0.1, 0.15) is 48.4 Å². The number of para-hydroxylation sites is 2. The number of phenols is 2. The highest BCUT2D eigenvalue weighted by Gasteiger charge is 2.21. The Bertz CT molecular complexity index is 1010. The molecule has 0 aliphatic carbocycles. The first-order valence-corrected chi connectivity index (χ1v) is 10.4. The summed E-state index contributed by atoms with van der Waals surface area (Å²) in [6, 6.07) is 7.17. The van der Waals surface area contributed by atoms with Crippen LogP contribution in [0.3, 0.4) is 0 Å². The van der Waals surface area contributed by atoms with Gasteiger partial charge in [0, 0.05) is 18.7 Å². The van der Waals surface area contributed by atoms with Crippen molar-refractivity contribution in [3.05, 3.63) is 67.8 Å². The van der Waals surface area contributed by atoms with Crippen LogP contribution in [0, 0.1) is 32.1 Å². The largest absolute Gasteiger partial charge is 0.502 e. The number of hydrogen-bond acceptors (Lipinski definition) is 9. The summed E-state index contributed by atoms with van der Waals surface area (Å²) in [4.78, 5) is 41.3. The lowest BCUT2D eigenvalue weighted by atomic mass is 10.1. The average molecular weight is 495 g/mol. The van der Waals surface area contributed by atoms with E-state index in [1.54, 1.807) is 0 Å². The molecule has 35 heavy (non-hydrogen) atoms. The Balaban J connectivity index is 0.000000567. The molecule has 2 aromatic rings. The van der Waals surface area contributed by atoms with Crippen molar-refractivity contribution in [2.24, 2.45) is 17.6 Å². The van der Waals surface area contributed by atoms with Gasteiger partial charge in [0.2, 0.25) is 11.5 Å². The fourth-order valence-corrected chi connectivity index (χ4v) is 2.11. The van der Waals surface area contributed by atoms with Gasteiger partial charge in [0.25, 0.3) is 5.91 Å². The lowest BCUT2D eigenvalue weighted by Gasteiger charge is -2.08. The monoisotopic (exact) mass is 494 g/mol. The number of nitrogens with two attached hydrogens (primary N) is 1. The van der Waals surface area contributed by atoms with Crippen LogP contribution >= 0.6 is 0 Å². The summed E-state index contributed by atoms with van der Waals surface area (Å²) >= 11 is 0. The molecule has 0 atom stereocenters. The molecular formula is C22H30N4O9. The van der Waals surface area contributed by atoms with Gasteiger partial charge in [-0.25, -0.2) is 4.79 Å². The second kappa shape index (κ2) is 14.8. The van der Waals surface area contributed by atoms with E-state index in [2.05, 4.69) is 19.2 Å². The standard InChI is InChI=1S/C11H14N2O4.C7H5NO5.C4H11N/c1-7(2)6-12-11(15)8-4-3-5-9(10(8)14)13(16)17;9-6-4(7(10)11)2-1-3-5(6)8(12)13;1-4(2)3-5/h3-5,7,14H,6H2,1-2H3,(H,12,15);1-3,9H,(H,10,11);4H,3,5H2,1-2H3. The van der Waals surface area contributed by atoms with E-state index in [1.807, 2.05) is 13.8 Å². The van der Waals surface area contributed by atoms with Gasteiger partial charge < -0.3 is 26.4 Å². The van der Waals surface area contributed by atoms with E-state index in [0.717, 1.165) is 24.7 Å². The van der Waals surface area contributed by atoms with Gasteiger partial charge in [-0.15, -0.1) is 0 Å². The number of nitro benzene ring substituents is 2. The highest BCUT2D eigenvalue weighted by molar-refractivity contribution is 5.98. The van der Waals surface area contributed by atoms with Crippen LogP contribution in [0.15, 0.2) is 36.4 Å². The van der Waals surface area contributed by atoms with E-state index in [4.69, 9.17) is 15.9 Å². The number of rotatable bonds is 7. The van der Waals surface area contributed by atoms with Crippen LogP contribution in [0.5, 0.6) is 11.5 Å². The minimum Gasteiger partial charge on any atom is -0.502 e. The fourth-order valence-electron chi connectivity index (χ4n) is 2.11. The molecule has 0 aliphatic heterocycles. The van der Waals surface area contributed by atoms with Gasteiger partial charge >= 0.3 is 17.3 Å². The van der Waals surface area contributed by atoms with Crippen molar-refractivity contribution in [3.63, 3.8) is 0 Å². The number of aromatic carboxylic acids is 1. The van der Waals surface area contributed by atoms with Gasteiger partial charge in [-0.05, 0) is 30.5 Å². The van der Waals surface area contributed by atoms with Crippen LogP contribution in [0.25, 0.3) is 0 Å². The molecule has 0 aliphatic rings. The zero-order chi connectivity index (χ0) is 27.3. The fraction of sp³-hybridized carbons (Fsp3) is 0.364. The van der Waals surface area contributed by atoms with Crippen LogP contribution in [-0.2, 0) is 0 Å². The summed E-state index contributed by atoms with van der Waals surface area (Å²) in [5, 5.41) is 50.6. The molecule has 0 aromatic heterocycles. The highest BCUT2D eigenvalue weighted by atomic mass is 16.6. The first-order valence-electron chi connectivity index (χ1n) is 10.4. The quantitative estimate of drug-likeness (QED) is 0.279. The first kappa shape index (κ1) is 30.7. The van der Waals surface area contributed by atoms with E-state index >= 15 is 0 Å². The number of nitrogens with zero attached hydrogens (tertiary/aromatic N) is 2. The minimum absolute atomic E-state index is 0.0835. The predicted octanol–water partition coefficient (Wildman–Crippen LogP) is 3.29. The van der Waals surface area contributed by atoms with Crippen LogP contribution in [-0.4, -0.2) is 50.1 Å². The van der Waals surface area contributed by atoms with Crippen molar-refractivity contribution < 1.29 is 34.8 Å². The maximum atomic E-state index is 11.7. The molecule has 13 heteroatoms. The first-order chi connectivity index (χ1) is 16.2. The lowest BCUT2D eigenvalue weighted by Crippen LogP contribution is -2.27. The molecule has 2 aromatic carbocycles. The van der Waals surface area contributed by atoms with Gasteiger partial charge in [0.15, 0.2) is 0 Å². The summed E-state index contributed by atoms with van der Waals surface area (Å²) in [5.74, 6) is -2.41. The Morgan fingerprint density at radius 3 is 1.63 bits per heavy atom. The summed E-state index contributed by atoms with van der Waals surface area (Å²) in [5.41, 5.74) is 3.53. The van der Waals surface area contributed by atoms with E-state index in [9.17, 15) is 34.9 Å². The lowest BCUT2D eigenvalue weighted by molar-refractivity contribution is -0.386. The third kappa shape index (κ3) is 10.5. The molecule has 192 valence electrons. The number of aromatic hydroxyl groups is 2. The topological polar surface area (TPSA) is 219 Å². The molecule has 1 amide bonds. The molecule has 0 saturated heterocycles. The Morgan fingerprint density at radius 1 is 0.886 bits per heavy atom. The number of amides is 1. The number of hydrogen-bond donors (Lipinski definition) is 5. The maximum Gasteiger partial charge on any atom is 0.339 e. The highest BCUT2D eigenvalue weighted by Crippen LogP contribution is 2.29. The van der Waals surface area contributed by atoms with Crippen molar-refractivity contribution in [2.45, 2.75) is 27.7 Å². The summed E-state index contributed by atoms with van der Waals surface area (Å²) < 4.78 is 0. The number of benzene rings is 2. The predicted molar refractivity (Wildman–Crippen MR) is 128 cm³/mol. The number of carbonyl (C=O) groups excluding carboxylic acids is 1. The van der Waals surface area contributed by atoms with Crippen molar-refractivity contribution in [1.82, 2.24) is 5.32 Å². The molecule has 0 bridgehead atoms.